The third-order valence-corrected chi connectivity index (χ3v) is 5.39. The van der Waals surface area contributed by atoms with Crippen molar-refractivity contribution in [2.75, 3.05) is 13.1 Å². The van der Waals surface area contributed by atoms with Crippen molar-refractivity contribution in [1.29, 1.82) is 0 Å². The number of carboxylic acids is 1. The van der Waals surface area contributed by atoms with Crippen molar-refractivity contribution in [2.45, 2.75) is 36.6 Å². The molecule has 140 valence electrons. The number of benzene rings is 2. The van der Waals surface area contributed by atoms with Gasteiger partial charge in [0.2, 0.25) is 0 Å². The number of ether oxygens (including phenoxy) is 1. The molecule has 2 aromatic rings. The van der Waals surface area contributed by atoms with Gasteiger partial charge in [-0.2, -0.15) is 0 Å². The maximum absolute atomic E-state index is 11.3. The summed E-state index contributed by atoms with van der Waals surface area (Å²) in [6.45, 7) is 4.64. The Morgan fingerprint density at radius 2 is 1.92 bits per heavy atom. The van der Waals surface area contributed by atoms with Crippen LogP contribution >= 0.6 is 23.4 Å². The van der Waals surface area contributed by atoms with Gasteiger partial charge in [-0.25, -0.2) is 0 Å². The second kappa shape index (κ2) is 10.5. The Hall–Kier alpha value is -1.69. The molecule has 2 rings (SSSR count). The zero-order valence-electron chi connectivity index (χ0n) is 15.0. The van der Waals surface area contributed by atoms with Gasteiger partial charge in [0.15, 0.2) is 5.44 Å². The van der Waals surface area contributed by atoms with Crippen LogP contribution < -0.4 is 4.74 Å². The minimum atomic E-state index is -0.837. The smallest absolute Gasteiger partial charge is 0.317 e. The number of likely N-dealkylation sites (N-methyl/N-ethyl adjacent to an activating group) is 1. The first-order valence-electron chi connectivity index (χ1n) is 8.63. The molecule has 0 radical (unpaired) electrons. The van der Waals surface area contributed by atoms with E-state index in [-0.39, 0.29) is 18.0 Å². The van der Waals surface area contributed by atoms with Crippen LogP contribution in [0.1, 0.15) is 20.3 Å². The standard InChI is InChI=1S/C20H24ClNO3S/c1-3-18(22(4-2)14-19(23)24)20(25-16-10-6-5-7-11-16)26-17-12-8-9-15(21)13-17/h5-13,18,20H,3-4,14H2,1-2H3,(H,23,24)/t18-,20-/m0/s1. The lowest BCUT2D eigenvalue weighted by Gasteiger charge is -2.34. The van der Waals surface area contributed by atoms with Gasteiger partial charge in [0.25, 0.3) is 0 Å². The fourth-order valence-electron chi connectivity index (χ4n) is 2.75. The van der Waals surface area contributed by atoms with Crippen molar-refractivity contribution in [3.8, 4) is 5.75 Å². The largest absolute Gasteiger partial charge is 0.480 e. The molecule has 2 atom stereocenters. The monoisotopic (exact) mass is 393 g/mol. The molecule has 0 saturated carbocycles. The molecular weight excluding hydrogens is 370 g/mol. The van der Waals surface area contributed by atoms with E-state index in [2.05, 4.69) is 6.92 Å². The van der Waals surface area contributed by atoms with E-state index < -0.39 is 5.97 Å². The Morgan fingerprint density at radius 3 is 2.50 bits per heavy atom. The van der Waals surface area contributed by atoms with Gasteiger partial charge in [0.05, 0.1) is 12.6 Å². The molecular formula is C20H24ClNO3S. The molecule has 0 unspecified atom stereocenters. The fourth-order valence-corrected chi connectivity index (χ4v) is 4.31. The van der Waals surface area contributed by atoms with E-state index in [1.165, 1.54) is 0 Å². The van der Waals surface area contributed by atoms with Gasteiger partial charge in [-0.05, 0) is 43.3 Å². The topological polar surface area (TPSA) is 49.8 Å². The first-order chi connectivity index (χ1) is 12.5. The molecule has 0 fully saturated rings. The number of nitrogens with zero attached hydrogens (tertiary/aromatic N) is 1. The van der Waals surface area contributed by atoms with Crippen LogP contribution in [0.3, 0.4) is 0 Å². The van der Waals surface area contributed by atoms with Crippen LogP contribution in [0.25, 0.3) is 0 Å². The zero-order chi connectivity index (χ0) is 18.9. The van der Waals surface area contributed by atoms with Gasteiger partial charge in [-0.3, -0.25) is 9.69 Å². The number of aliphatic carboxylic acids is 1. The SMILES string of the molecule is CC[C@@H]([C@@H](Oc1ccccc1)Sc1cccc(Cl)c1)N(CC)CC(=O)O. The molecule has 0 saturated heterocycles. The summed E-state index contributed by atoms with van der Waals surface area (Å²) in [7, 11) is 0. The van der Waals surface area contributed by atoms with Gasteiger partial charge in [0, 0.05) is 9.92 Å². The van der Waals surface area contributed by atoms with Crippen LogP contribution in [-0.2, 0) is 4.79 Å². The summed E-state index contributed by atoms with van der Waals surface area (Å²) in [5, 5.41) is 9.92. The number of carboxylic acid groups (broad SMARTS) is 1. The maximum atomic E-state index is 11.3. The van der Waals surface area contributed by atoms with E-state index in [1.54, 1.807) is 11.8 Å². The van der Waals surface area contributed by atoms with Gasteiger partial charge >= 0.3 is 5.97 Å². The molecule has 0 aliphatic heterocycles. The summed E-state index contributed by atoms with van der Waals surface area (Å²) in [5.74, 6) is -0.0756. The van der Waals surface area contributed by atoms with Crippen LogP contribution in [0.4, 0.5) is 0 Å². The first-order valence-corrected chi connectivity index (χ1v) is 9.89. The highest BCUT2D eigenvalue weighted by molar-refractivity contribution is 7.99. The van der Waals surface area contributed by atoms with E-state index in [4.69, 9.17) is 16.3 Å². The van der Waals surface area contributed by atoms with E-state index in [1.807, 2.05) is 66.4 Å². The molecule has 0 aliphatic carbocycles. The summed E-state index contributed by atoms with van der Waals surface area (Å²) in [4.78, 5) is 14.2. The lowest BCUT2D eigenvalue weighted by molar-refractivity contribution is -0.139. The van der Waals surface area contributed by atoms with Crippen LogP contribution in [0.15, 0.2) is 59.5 Å². The van der Waals surface area contributed by atoms with Crippen molar-refractivity contribution in [3.05, 3.63) is 59.6 Å². The minimum Gasteiger partial charge on any atom is -0.480 e. The third-order valence-electron chi connectivity index (χ3n) is 3.99. The average Bonchev–Trinajstić information content (AvgIpc) is 2.62. The average molecular weight is 394 g/mol. The molecule has 0 heterocycles. The lowest BCUT2D eigenvalue weighted by Crippen LogP contribution is -2.46. The van der Waals surface area contributed by atoms with Gasteiger partial charge in [-0.15, -0.1) is 0 Å². The summed E-state index contributed by atoms with van der Waals surface area (Å²) in [6.07, 6.45) is 0.770. The van der Waals surface area contributed by atoms with E-state index in [9.17, 15) is 9.90 Å². The predicted molar refractivity (Wildman–Crippen MR) is 107 cm³/mol. The van der Waals surface area contributed by atoms with Crippen molar-refractivity contribution >= 4 is 29.3 Å². The van der Waals surface area contributed by atoms with E-state index in [0.717, 1.165) is 17.1 Å². The van der Waals surface area contributed by atoms with Crippen molar-refractivity contribution in [3.63, 3.8) is 0 Å². The molecule has 1 N–H and O–H groups in total. The maximum Gasteiger partial charge on any atom is 0.317 e. The highest BCUT2D eigenvalue weighted by Gasteiger charge is 2.29. The lowest BCUT2D eigenvalue weighted by atomic mass is 10.2. The number of para-hydroxylation sites is 1. The Labute approximate surface area is 164 Å². The Balaban J connectivity index is 2.28. The Kier molecular flexibility index (Phi) is 8.29. The quantitative estimate of drug-likeness (QED) is 0.453. The third kappa shape index (κ3) is 6.24. The molecule has 26 heavy (non-hydrogen) atoms. The molecule has 0 bridgehead atoms. The van der Waals surface area contributed by atoms with Crippen molar-refractivity contribution < 1.29 is 14.6 Å². The fraction of sp³-hybridized carbons (Fsp3) is 0.350. The zero-order valence-corrected chi connectivity index (χ0v) is 16.5. The molecule has 4 nitrogen and oxygen atoms in total. The minimum absolute atomic E-state index is 0.0141. The number of halogens is 1. The van der Waals surface area contributed by atoms with Crippen molar-refractivity contribution in [1.82, 2.24) is 4.90 Å². The molecule has 0 spiro atoms. The number of hydrogen-bond donors (Lipinski definition) is 1. The van der Waals surface area contributed by atoms with Crippen LogP contribution in [-0.4, -0.2) is 40.5 Å². The number of rotatable bonds is 10. The number of thioether (sulfide) groups is 1. The molecule has 0 aliphatic rings. The van der Waals surface area contributed by atoms with Gasteiger partial charge in [0.1, 0.15) is 5.75 Å². The summed E-state index contributed by atoms with van der Waals surface area (Å²) >= 11 is 7.68. The summed E-state index contributed by atoms with van der Waals surface area (Å²) in [5.41, 5.74) is -0.264. The van der Waals surface area contributed by atoms with E-state index >= 15 is 0 Å². The molecule has 0 amide bonds. The Morgan fingerprint density at radius 1 is 1.19 bits per heavy atom. The number of carbonyl (C=O) groups is 1. The Bertz CT molecular complexity index is 698. The number of hydrogen-bond acceptors (Lipinski definition) is 4. The van der Waals surface area contributed by atoms with Crippen LogP contribution in [0.2, 0.25) is 5.02 Å². The van der Waals surface area contributed by atoms with Crippen LogP contribution in [0, 0.1) is 0 Å². The summed E-state index contributed by atoms with van der Waals surface area (Å²) in [6, 6.07) is 17.2. The predicted octanol–water partition coefficient (Wildman–Crippen LogP) is 5.02. The molecule has 0 aromatic heterocycles. The highest BCUT2D eigenvalue weighted by atomic mass is 35.5. The first kappa shape index (κ1) is 20.6. The second-order valence-electron chi connectivity index (χ2n) is 5.81. The van der Waals surface area contributed by atoms with E-state index in [0.29, 0.717) is 11.6 Å². The highest BCUT2D eigenvalue weighted by Crippen LogP contribution is 2.32. The normalized spacial score (nSPS) is 13.4. The second-order valence-corrected chi connectivity index (χ2v) is 7.42. The van der Waals surface area contributed by atoms with Crippen LogP contribution in [0.5, 0.6) is 5.75 Å². The van der Waals surface area contributed by atoms with Crippen molar-refractivity contribution in [2.24, 2.45) is 0 Å². The summed E-state index contributed by atoms with van der Waals surface area (Å²) < 4.78 is 6.26. The van der Waals surface area contributed by atoms with Gasteiger partial charge < -0.3 is 9.84 Å². The van der Waals surface area contributed by atoms with Gasteiger partial charge in [-0.1, -0.05) is 61.5 Å². The molecule has 2 aromatic carbocycles. The molecule has 6 heteroatoms.